The molecule has 0 bridgehead atoms. The van der Waals surface area contributed by atoms with Gasteiger partial charge in [0.15, 0.2) is 0 Å². The summed E-state index contributed by atoms with van der Waals surface area (Å²) in [6.45, 7) is 3.88. The van der Waals surface area contributed by atoms with Gasteiger partial charge in [0.25, 0.3) is 0 Å². The lowest BCUT2D eigenvalue weighted by atomic mass is 10.0. The molecule has 0 spiro atoms. The number of carbonyl (C=O) groups is 6. The van der Waals surface area contributed by atoms with Crippen molar-refractivity contribution in [3.63, 3.8) is 0 Å². The van der Waals surface area contributed by atoms with Crippen LogP contribution in [-0.4, -0.2) is 81.7 Å². The lowest BCUT2D eigenvalue weighted by Crippen LogP contribution is -2.57. The number of nitrogens with one attached hydrogen (secondary N) is 3. The summed E-state index contributed by atoms with van der Waals surface area (Å²) < 4.78 is 0. The zero-order valence-corrected chi connectivity index (χ0v) is 20.0. The molecule has 0 fully saturated rings. The SMILES string of the molecule is CC(C)CC(NC(=O)C(CCC(=O)O)NC(=O)C(CC(=O)O)NC(=O)C(N)CCCCN)C(=O)O. The van der Waals surface area contributed by atoms with Gasteiger partial charge in [-0.2, -0.15) is 0 Å². The van der Waals surface area contributed by atoms with Crippen molar-refractivity contribution in [2.45, 2.75) is 83.0 Å². The summed E-state index contributed by atoms with van der Waals surface area (Å²) >= 11 is 0. The van der Waals surface area contributed by atoms with Crippen molar-refractivity contribution in [3.8, 4) is 0 Å². The second-order valence-corrected chi connectivity index (χ2v) is 8.57. The number of aliphatic carboxylic acids is 3. The minimum Gasteiger partial charge on any atom is -0.481 e. The van der Waals surface area contributed by atoms with E-state index in [9.17, 15) is 33.9 Å². The molecule has 0 radical (unpaired) electrons. The molecule has 0 aromatic carbocycles. The Labute approximate surface area is 203 Å². The number of nitrogens with two attached hydrogens (primary N) is 2. The van der Waals surface area contributed by atoms with Gasteiger partial charge in [-0.15, -0.1) is 0 Å². The fourth-order valence-electron chi connectivity index (χ4n) is 3.08. The van der Waals surface area contributed by atoms with E-state index in [4.69, 9.17) is 21.7 Å². The first kappa shape index (κ1) is 31.7. The van der Waals surface area contributed by atoms with E-state index in [1.165, 1.54) is 0 Å². The van der Waals surface area contributed by atoms with Gasteiger partial charge in [0.05, 0.1) is 12.5 Å². The van der Waals surface area contributed by atoms with Crippen LogP contribution in [0.5, 0.6) is 0 Å². The molecule has 35 heavy (non-hydrogen) atoms. The summed E-state index contributed by atoms with van der Waals surface area (Å²) in [4.78, 5) is 71.5. The molecule has 4 atom stereocenters. The van der Waals surface area contributed by atoms with Crippen molar-refractivity contribution >= 4 is 35.6 Å². The normalized spacial score (nSPS) is 14.3. The summed E-state index contributed by atoms with van der Waals surface area (Å²) in [5, 5.41) is 34.2. The maximum atomic E-state index is 12.8. The van der Waals surface area contributed by atoms with Crippen LogP contribution in [0.4, 0.5) is 0 Å². The van der Waals surface area contributed by atoms with Crippen molar-refractivity contribution in [2.24, 2.45) is 17.4 Å². The Hall–Kier alpha value is -3.26. The fourth-order valence-corrected chi connectivity index (χ4v) is 3.08. The van der Waals surface area contributed by atoms with Gasteiger partial charge in [-0.05, 0) is 38.1 Å². The van der Waals surface area contributed by atoms with Gasteiger partial charge < -0.3 is 42.7 Å². The Kier molecular flexibility index (Phi) is 14.9. The average Bonchev–Trinajstić information content (AvgIpc) is 2.74. The molecule has 0 aliphatic carbocycles. The molecule has 0 aromatic heterocycles. The second-order valence-electron chi connectivity index (χ2n) is 8.57. The largest absolute Gasteiger partial charge is 0.481 e. The molecule has 14 heteroatoms. The van der Waals surface area contributed by atoms with Crippen molar-refractivity contribution in [2.75, 3.05) is 6.54 Å². The Balaban J connectivity index is 5.52. The van der Waals surface area contributed by atoms with E-state index >= 15 is 0 Å². The lowest BCUT2D eigenvalue weighted by molar-refractivity contribution is -0.144. The van der Waals surface area contributed by atoms with Crippen molar-refractivity contribution in [1.82, 2.24) is 16.0 Å². The maximum Gasteiger partial charge on any atom is 0.326 e. The summed E-state index contributed by atoms with van der Waals surface area (Å²) in [5.41, 5.74) is 11.2. The molecule has 3 amide bonds. The van der Waals surface area contributed by atoms with Crippen LogP contribution < -0.4 is 27.4 Å². The molecule has 0 heterocycles. The Morgan fingerprint density at radius 2 is 1.29 bits per heavy atom. The predicted octanol–water partition coefficient (Wildman–Crippen LogP) is -1.63. The number of hydrogen-bond donors (Lipinski definition) is 8. The van der Waals surface area contributed by atoms with E-state index in [2.05, 4.69) is 16.0 Å². The number of rotatable bonds is 18. The zero-order chi connectivity index (χ0) is 27.1. The van der Waals surface area contributed by atoms with Crippen molar-refractivity contribution in [3.05, 3.63) is 0 Å². The monoisotopic (exact) mass is 503 g/mol. The van der Waals surface area contributed by atoms with Gasteiger partial charge in [-0.3, -0.25) is 24.0 Å². The van der Waals surface area contributed by atoms with Gasteiger partial charge >= 0.3 is 17.9 Å². The minimum absolute atomic E-state index is 0.0837. The molecule has 4 unspecified atom stereocenters. The molecule has 0 saturated heterocycles. The molecule has 200 valence electrons. The molecule has 0 saturated carbocycles. The lowest BCUT2D eigenvalue weighted by Gasteiger charge is -2.25. The van der Waals surface area contributed by atoms with Crippen LogP contribution >= 0.6 is 0 Å². The summed E-state index contributed by atoms with van der Waals surface area (Å²) in [6, 6.07) is -5.40. The van der Waals surface area contributed by atoms with Crippen molar-refractivity contribution in [1.29, 1.82) is 0 Å². The van der Waals surface area contributed by atoms with Crippen LogP contribution in [0.15, 0.2) is 0 Å². The first-order valence-corrected chi connectivity index (χ1v) is 11.3. The van der Waals surface area contributed by atoms with Gasteiger partial charge in [0.2, 0.25) is 17.7 Å². The Morgan fingerprint density at radius 3 is 1.77 bits per heavy atom. The van der Waals surface area contributed by atoms with Crippen molar-refractivity contribution < 1.29 is 44.1 Å². The molecule has 10 N–H and O–H groups in total. The minimum atomic E-state index is -1.60. The van der Waals surface area contributed by atoms with E-state index in [0.717, 1.165) is 0 Å². The highest BCUT2D eigenvalue weighted by Gasteiger charge is 2.31. The van der Waals surface area contributed by atoms with E-state index < -0.39 is 79.1 Å². The molecular formula is C21H37N5O9. The third-order valence-corrected chi connectivity index (χ3v) is 4.92. The fraction of sp³-hybridized carbons (Fsp3) is 0.714. The third-order valence-electron chi connectivity index (χ3n) is 4.92. The highest BCUT2D eigenvalue weighted by molar-refractivity contribution is 5.95. The van der Waals surface area contributed by atoms with Crippen LogP contribution in [0.3, 0.4) is 0 Å². The molecule has 14 nitrogen and oxygen atoms in total. The number of hydrogen-bond acceptors (Lipinski definition) is 8. The number of carbonyl (C=O) groups excluding carboxylic acids is 3. The highest BCUT2D eigenvalue weighted by atomic mass is 16.4. The van der Waals surface area contributed by atoms with E-state index in [1.807, 2.05) is 0 Å². The van der Waals surface area contributed by atoms with E-state index in [-0.39, 0.29) is 18.8 Å². The number of carboxylic acid groups (broad SMARTS) is 3. The van der Waals surface area contributed by atoms with Gasteiger partial charge in [0, 0.05) is 6.42 Å². The van der Waals surface area contributed by atoms with Gasteiger partial charge in [0.1, 0.15) is 18.1 Å². The van der Waals surface area contributed by atoms with Crippen LogP contribution in [0.25, 0.3) is 0 Å². The number of carboxylic acids is 3. The first-order valence-electron chi connectivity index (χ1n) is 11.3. The standard InChI is InChI=1S/C21H37N5O9/c1-11(2)9-15(21(34)35)26-19(32)13(6-7-16(27)28)24-20(33)14(10-17(29)30)25-18(31)12(23)5-3-4-8-22/h11-15H,3-10,22-23H2,1-2H3,(H,24,33)(H,25,31)(H,26,32)(H,27,28)(H,29,30)(H,34,35). The summed E-state index contributed by atoms with van der Waals surface area (Å²) in [6.07, 6.45) is -0.268. The van der Waals surface area contributed by atoms with E-state index in [1.54, 1.807) is 13.8 Å². The van der Waals surface area contributed by atoms with Crippen LogP contribution in [0, 0.1) is 5.92 Å². The van der Waals surface area contributed by atoms with Crippen LogP contribution in [0.1, 0.15) is 58.8 Å². The first-order chi connectivity index (χ1) is 16.3. The molecular weight excluding hydrogens is 466 g/mol. The van der Waals surface area contributed by atoms with Gasteiger partial charge in [-0.1, -0.05) is 20.3 Å². The maximum absolute atomic E-state index is 12.8. The molecule has 0 aliphatic rings. The second kappa shape index (κ2) is 16.4. The average molecular weight is 504 g/mol. The van der Waals surface area contributed by atoms with Crippen LogP contribution in [-0.2, 0) is 28.8 Å². The smallest absolute Gasteiger partial charge is 0.326 e. The van der Waals surface area contributed by atoms with Gasteiger partial charge in [-0.25, -0.2) is 4.79 Å². The highest BCUT2D eigenvalue weighted by Crippen LogP contribution is 2.08. The molecule has 0 aromatic rings. The third kappa shape index (κ3) is 13.9. The van der Waals surface area contributed by atoms with E-state index in [0.29, 0.717) is 19.4 Å². The topological polar surface area (TPSA) is 251 Å². The number of unbranched alkanes of at least 4 members (excludes halogenated alkanes) is 1. The Morgan fingerprint density at radius 1 is 0.743 bits per heavy atom. The summed E-state index contributed by atoms with van der Waals surface area (Å²) in [5.74, 6) is -6.88. The van der Waals surface area contributed by atoms with Crippen LogP contribution in [0.2, 0.25) is 0 Å². The zero-order valence-electron chi connectivity index (χ0n) is 20.0. The Bertz CT molecular complexity index is 759. The molecule has 0 aliphatic heterocycles. The predicted molar refractivity (Wildman–Crippen MR) is 123 cm³/mol. The summed E-state index contributed by atoms with van der Waals surface area (Å²) in [7, 11) is 0. The quantitative estimate of drug-likeness (QED) is 0.0985. The number of amides is 3. The molecule has 0 rings (SSSR count).